The molecule has 2 N–H and O–H groups in total. The quantitative estimate of drug-likeness (QED) is 0.609. The third kappa shape index (κ3) is 7.13. The Kier molecular flexibility index (Phi) is 9.23. The Morgan fingerprint density at radius 1 is 1.11 bits per heavy atom. The second kappa shape index (κ2) is 11.7. The third-order valence-electron chi connectivity index (χ3n) is 4.77. The van der Waals surface area contributed by atoms with Crippen LogP contribution in [0.4, 0.5) is 0 Å². The molecule has 0 unspecified atom stereocenters. The second-order valence-corrected chi connectivity index (χ2v) is 7.24. The highest BCUT2D eigenvalue weighted by atomic mass is 35.5. The standard InChI is InChI=1S/C20H28ClN3O4/c1-28-14-2-10-22-20(27)16-8-12-24(13-9-16)18(25)7-11-23-19(26)15-3-5-17(21)6-4-15/h3-6,16H,2,7-14H2,1H3,(H,22,27)(H,23,26). The number of likely N-dealkylation sites (tertiary alicyclic amines) is 1. The highest BCUT2D eigenvalue weighted by Gasteiger charge is 2.26. The highest BCUT2D eigenvalue weighted by Crippen LogP contribution is 2.18. The van der Waals surface area contributed by atoms with Gasteiger partial charge in [0, 0.05) is 62.8 Å². The lowest BCUT2D eigenvalue weighted by Gasteiger charge is -2.31. The Labute approximate surface area is 170 Å². The van der Waals surface area contributed by atoms with Crippen LogP contribution in [0.3, 0.4) is 0 Å². The molecule has 7 nitrogen and oxygen atoms in total. The molecule has 0 spiro atoms. The van der Waals surface area contributed by atoms with Crippen molar-refractivity contribution in [3.63, 3.8) is 0 Å². The van der Waals surface area contributed by atoms with Crippen molar-refractivity contribution in [1.82, 2.24) is 15.5 Å². The molecule has 1 aliphatic rings. The van der Waals surface area contributed by atoms with Gasteiger partial charge in [0.05, 0.1) is 0 Å². The molecule has 3 amide bonds. The van der Waals surface area contributed by atoms with Crippen LogP contribution in [-0.4, -0.2) is 62.5 Å². The van der Waals surface area contributed by atoms with Crippen LogP contribution in [0.15, 0.2) is 24.3 Å². The number of halogens is 1. The maximum atomic E-state index is 12.3. The fraction of sp³-hybridized carbons (Fsp3) is 0.550. The van der Waals surface area contributed by atoms with E-state index in [2.05, 4.69) is 10.6 Å². The summed E-state index contributed by atoms with van der Waals surface area (Å²) >= 11 is 5.80. The Balaban J connectivity index is 1.64. The summed E-state index contributed by atoms with van der Waals surface area (Å²) in [6, 6.07) is 6.59. The van der Waals surface area contributed by atoms with Crippen molar-refractivity contribution >= 4 is 29.3 Å². The fourth-order valence-electron chi connectivity index (χ4n) is 3.11. The predicted molar refractivity (Wildman–Crippen MR) is 107 cm³/mol. The van der Waals surface area contributed by atoms with Crippen molar-refractivity contribution in [1.29, 1.82) is 0 Å². The van der Waals surface area contributed by atoms with E-state index in [9.17, 15) is 14.4 Å². The number of hydrogen-bond donors (Lipinski definition) is 2. The van der Waals surface area contributed by atoms with Crippen LogP contribution in [0.2, 0.25) is 5.02 Å². The molecule has 2 rings (SSSR count). The van der Waals surface area contributed by atoms with E-state index >= 15 is 0 Å². The van der Waals surface area contributed by atoms with Gasteiger partial charge >= 0.3 is 0 Å². The Bertz CT molecular complexity index is 658. The van der Waals surface area contributed by atoms with Crippen molar-refractivity contribution in [2.24, 2.45) is 5.92 Å². The molecule has 1 aromatic rings. The van der Waals surface area contributed by atoms with Gasteiger partial charge in [-0.2, -0.15) is 0 Å². The summed E-state index contributed by atoms with van der Waals surface area (Å²) in [4.78, 5) is 38.2. The molecule has 154 valence electrons. The van der Waals surface area contributed by atoms with E-state index in [-0.39, 0.29) is 36.6 Å². The minimum Gasteiger partial charge on any atom is -0.385 e. The number of carbonyl (C=O) groups is 3. The molecule has 8 heteroatoms. The smallest absolute Gasteiger partial charge is 0.251 e. The van der Waals surface area contributed by atoms with Gasteiger partial charge in [0.15, 0.2) is 0 Å². The molecule has 1 heterocycles. The molecule has 28 heavy (non-hydrogen) atoms. The van der Waals surface area contributed by atoms with Gasteiger partial charge < -0.3 is 20.3 Å². The lowest BCUT2D eigenvalue weighted by atomic mass is 9.95. The zero-order chi connectivity index (χ0) is 20.4. The Morgan fingerprint density at radius 3 is 2.43 bits per heavy atom. The van der Waals surface area contributed by atoms with Gasteiger partial charge in [-0.05, 0) is 43.5 Å². The van der Waals surface area contributed by atoms with E-state index in [1.54, 1.807) is 36.3 Å². The number of methoxy groups -OCH3 is 1. The molecular formula is C20H28ClN3O4. The highest BCUT2D eigenvalue weighted by molar-refractivity contribution is 6.30. The van der Waals surface area contributed by atoms with E-state index in [1.165, 1.54) is 0 Å². The number of amides is 3. The van der Waals surface area contributed by atoms with Gasteiger partial charge in [0.2, 0.25) is 11.8 Å². The number of nitrogens with one attached hydrogen (secondary N) is 2. The van der Waals surface area contributed by atoms with Crippen LogP contribution < -0.4 is 10.6 Å². The monoisotopic (exact) mass is 409 g/mol. The van der Waals surface area contributed by atoms with Crippen molar-refractivity contribution in [2.75, 3.05) is 39.9 Å². The first-order valence-electron chi connectivity index (χ1n) is 9.59. The molecule has 1 saturated heterocycles. The minimum absolute atomic E-state index is 0.00430. The lowest BCUT2D eigenvalue weighted by molar-refractivity contribution is -0.135. The predicted octanol–water partition coefficient (Wildman–Crippen LogP) is 1.85. The zero-order valence-electron chi connectivity index (χ0n) is 16.2. The summed E-state index contributed by atoms with van der Waals surface area (Å²) in [5, 5.41) is 6.23. The van der Waals surface area contributed by atoms with E-state index < -0.39 is 0 Å². The van der Waals surface area contributed by atoms with Gasteiger partial charge in [0.25, 0.3) is 5.91 Å². The molecule has 0 bridgehead atoms. The summed E-state index contributed by atoms with van der Waals surface area (Å²) in [7, 11) is 1.64. The van der Waals surface area contributed by atoms with Crippen molar-refractivity contribution in [3.05, 3.63) is 34.9 Å². The first kappa shape index (κ1) is 22.2. The number of rotatable bonds is 9. The molecule has 1 aromatic carbocycles. The normalized spacial score (nSPS) is 14.6. The molecule has 0 radical (unpaired) electrons. The maximum Gasteiger partial charge on any atom is 0.251 e. The first-order valence-corrected chi connectivity index (χ1v) is 9.97. The molecule has 0 atom stereocenters. The van der Waals surface area contributed by atoms with Crippen LogP contribution >= 0.6 is 11.6 Å². The molecule has 1 fully saturated rings. The summed E-state index contributed by atoms with van der Waals surface area (Å²) in [6.45, 7) is 2.65. The number of carbonyl (C=O) groups excluding carboxylic acids is 3. The van der Waals surface area contributed by atoms with Crippen molar-refractivity contribution < 1.29 is 19.1 Å². The van der Waals surface area contributed by atoms with Crippen LogP contribution in [0.5, 0.6) is 0 Å². The number of hydrogen-bond acceptors (Lipinski definition) is 4. The van der Waals surface area contributed by atoms with Gasteiger partial charge in [-0.15, -0.1) is 0 Å². The zero-order valence-corrected chi connectivity index (χ0v) is 17.0. The third-order valence-corrected chi connectivity index (χ3v) is 5.03. The molecular weight excluding hydrogens is 382 g/mol. The molecule has 0 aromatic heterocycles. The van der Waals surface area contributed by atoms with E-state index in [0.29, 0.717) is 49.7 Å². The number of nitrogens with zero attached hydrogens (tertiary/aromatic N) is 1. The fourth-order valence-corrected chi connectivity index (χ4v) is 3.23. The van der Waals surface area contributed by atoms with Crippen LogP contribution in [0, 0.1) is 5.92 Å². The summed E-state index contributed by atoms with van der Waals surface area (Å²) < 4.78 is 4.96. The first-order chi connectivity index (χ1) is 13.5. The van der Waals surface area contributed by atoms with Crippen LogP contribution in [-0.2, 0) is 14.3 Å². The van der Waals surface area contributed by atoms with Gasteiger partial charge in [-0.3, -0.25) is 14.4 Å². The van der Waals surface area contributed by atoms with Crippen LogP contribution in [0.25, 0.3) is 0 Å². The lowest BCUT2D eigenvalue weighted by Crippen LogP contribution is -2.44. The number of ether oxygens (including phenoxy) is 1. The Morgan fingerprint density at radius 2 is 1.79 bits per heavy atom. The number of piperidine rings is 1. The van der Waals surface area contributed by atoms with Gasteiger partial charge in [-0.1, -0.05) is 11.6 Å². The molecule has 0 aliphatic carbocycles. The maximum absolute atomic E-state index is 12.3. The second-order valence-electron chi connectivity index (χ2n) is 6.81. The van der Waals surface area contributed by atoms with Gasteiger partial charge in [-0.25, -0.2) is 0 Å². The Hall–Kier alpha value is -2.12. The van der Waals surface area contributed by atoms with Crippen molar-refractivity contribution in [3.8, 4) is 0 Å². The number of benzene rings is 1. The largest absolute Gasteiger partial charge is 0.385 e. The SMILES string of the molecule is COCCCNC(=O)C1CCN(C(=O)CCNC(=O)c2ccc(Cl)cc2)CC1. The molecule has 1 aliphatic heterocycles. The minimum atomic E-state index is -0.228. The van der Waals surface area contributed by atoms with Gasteiger partial charge in [0.1, 0.15) is 0 Å². The van der Waals surface area contributed by atoms with Crippen LogP contribution in [0.1, 0.15) is 36.0 Å². The summed E-state index contributed by atoms with van der Waals surface area (Å²) in [6.07, 6.45) is 2.37. The summed E-state index contributed by atoms with van der Waals surface area (Å²) in [5.74, 6) is -0.224. The van der Waals surface area contributed by atoms with E-state index in [4.69, 9.17) is 16.3 Å². The average molecular weight is 410 g/mol. The van der Waals surface area contributed by atoms with E-state index in [0.717, 1.165) is 6.42 Å². The molecule has 0 saturated carbocycles. The summed E-state index contributed by atoms with van der Waals surface area (Å²) in [5.41, 5.74) is 0.508. The van der Waals surface area contributed by atoms with Crippen molar-refractivity contribution in [2.45, 2.75) is 25.7 Å². The average Bonchev–Trinajstić information content (AvgIpc) is 2.71. The topological polar surface area (TPSA) is 87.7 Å². The van der Waals surface area contributed by atoms with E-state index in [1.807, 2.05) is 0 Å².